The van der Waals surface area contributed by atoms with Crippen LogP contribution in [0.3, 0.4) is 0 Å². The van der Waals surface area contributed by atoms with Crippen LogP contribution in [0.2, 0.25) is 0 Å². The lowest BCUT2D eigenvalue weighted by molar-refractivity contribution is -0.138. The minimum Gasteiger partial charge on any atom is -0.479 e. The summed E-state index contributed by atoms with van der Waals surface area (Å²) >= 11 is 3.41. The van der Waals surface area contributed by atoms with Gasteiger partial charge in [-0.25, -0.2) is 9.18 Å². The van der Waals surface area contributed by atoms with Gasteiger partial charge in [-0.05, 0) is 53.9 Å². The molecule has 0 bridgehead atoms. The van der Waals surface area contributed by atoms with E-state index in [0.717, 1.165) is 27.7 Å². The highest BCUT2D eigenvalue weighted by Crippen LogP contribution is 2.35. The summed E-state index contributed by atoms with van der Waals surface area (Å²) in [4.78, 5) is 13.5. The molecule has 0 unspecified atom stereocenters. The minimum absolute atomic E-state index is 0.327. The average Bonchev–Trinajstić information content (AvgIpc) is 2.46. The molecule has 5 heteroatoms. The second-order valence-electron chi connectivity index (χ2n) is 5.00. The van der Waals surface area contributed by atoms with E-state index in [4.69, 9.17) is 0 Å². The van der Waals surface area contributed by atoms with Crippen molar-refractivity contribution in [3.05, 3.63) is 63.9 Å². The van der Waals surface area contributed by atoms with Crippen LogP contribution in [-0.2, 0) is 11.2 Å². The summed E-state index contributed by atoms with van der Waals surface area (Å²) < 4.78 is 14.0. The van der Waals surface area contributed by atoms with E-state index in [1.807, 2.05) is 18.2 Å². The summed E-state index contributed by atoms with van der Waals surface area (Å²) in [6.07, 6.45) is 0.760. The molecule has 0 saturated carbocycles. The molecule has 1 aliphatic rings. The Kier molecular flexibility index (Phi) is 3.68. The Hall–Kier alpha value is -1.88. The van der Waals surface area contributed by atoms with E-state index in [-0.39, 0.29) is 5.82 Å². The Balaban J connectivity index is 2.05. The van der Waals surface area contributed by atoms with Crippen molar-refractivity contribution in [3.8, 4) is 0 Å². The predicted molar refractivity (Wildman–Crippen MR) is 82.0 cm³/mol. The Labute approximate surface area is 130 Å². The van der Waals surface area contributed by atoms with E-state index in [9.17, 15) is 14.3 Å². The molecule has 21 heavy (non-hydrogen) atoms. The fraction of sp³-hybridized carbons (Fsp3) is 0.188. The second-order valence-corrected chi connectivity index (χ2v) is 5.92. The smallest absolute Gasteiger partial charge is 0.331 e. The molecule has 3 nitrogen and oxygen atoms in total. The van der Waals surface area contributed by atoms with Crippen LogP contribution in [-0.4, -0.2) is 17.6 Å². The van der Waals surface area contributed by atoms with Crippen molar-refractivity contribution >= 4 is 27.6 Å². The van der Waals surface area contributed by atoms with E-state index in [1.54, 1.807) is 17.0 Å². The summed E-state index contributed by atoms with van der Waals surface area (Å²) in [5.74, 6) is -1.23. The first-order chi connectivity index (χ1) is 10.1. The highest BCUT2D eigenvalue weighted by atomic mass is 79.9. The van der Waals surface area contributed by atoms with Gasteiger partial charge in [0.1, 0.15) is 5.82 Å². The zero-order valence-corrected chi connectivity index (χ0v) is 12.7. The van der Waals surface area contributed by atoms with Gasteiger partial charge in [0, 0.05) is 16.7 Å². The molecule has 0 saturated heterocycles. The van der Waals surface area contributed by atoms with Crippen LogP contribution in [0.4, 0.5) is 10.1 Å². The van der Waals surface area contributed by atoms with Crippen LogP contribution in [0.15, 0.2) is 46.9 Å². The molecule has 3 rings (SSSR count). The standard InChI is InChI=1S/C16H13BrFNO2/c17-11-1-6-14-10(9-11)7-8-19(15(14)16(20)21)13-4-2-12(18)3-5-13/h1-6,9,15H,7-8H2,(H,20,21)/t15-/m0/s1. The molecule has 0 amide bonds. The summed E-state index contributed by atoms with van der Waals surface area (Å²) in [5.41, 5.74) is 2.55. The van der Waals surface area contributed by atoms with Gasteiger partial charge >= 0.3 is 5.97 Å². The third kappa shape index (κ3) is 2.65. The average molecular weight is 350 g/mol. The first-order valence-electron chi connectivity index (χ1n) is 6.59. The Morgan fingerprint density at radius 1 is 1.24 bits per heavy atom. The molecular weight excluding hydrogens is 337 g/mol. The maximum absolute atomic E-state index is 13.1. The number of hydrogen-bond donors (Lipinski definition) is 1. The van der Waals surface area contributed by atoms with E-state index >= 15 is 0 Å². The Bertz CT molecular complexity index is 687. The summed E-state index contributed by atoms with van der Waals surface area (Å²) in [7, 11) is 0. The Morgan fingerprint density at radius 2 is 1.95 bits per heavy atom. The first kappa shape index (κ1) is 14.1. The number of carboxylic acid groups (broad SMARTS) is 1. The van der Waals surface area contributed by atoms with E-state index in [0.29, 0.717) is 6.54 Å². The van der Waals surface area contributed by atoms with Crippen molar-refractivity contribution < 1.29 is 14.3 Å². The van der Waals surface area contributed by atoms with Gasteiger partial charge < -0.3 is 10.0 Å². The van der Waals surface area contributed by atoms with Crippen LogP contribution in [0.5, 0.6) is 0 Å². The van der Waals surface area contributed by atoms with Crippen LogP contribution < -0.4 is 4.90 Å². The molecule has 1 heterocycles. The molecule has 1 aliphatic heterocycles. The summed E-state index contributed by atoms with van der Waals surface area (Å²) in [5, 5.41) is 9.61. The van der Waals surface area contributed by atoms with Crippen LogP contribution >= 0.6 is 15.9 Å². The number of nitrogens with zero attached hydrogens (tertiary/aromatic N) is 1. The number of fused-ring (bicyclic) bond motifs is 1. The summed E-state index contributed by atoms with van der Waals surface area (Å²) in [6.45, 7) is 0.589. The molecule has 108 valence electrons. The van der Waals surface area contributed by atoms with Gasteiger partial charge in [0.25, 0.3) is 0 Å². The van der Waals surface area contributed by atoms with E-state index < -0.39 is 12.0 Å². The highest BCUT2D eigenvalue weighted by Gasteiger charge is 2.33. The van der Waals surface area contributed by atoms with Crippen molar-refractivity contribution in [3.63, 3.8) is 0 Å². The van der Waals surface area contributed by atoms with Crippen LogP contribution in [0, 0.1) is 5.82 Å². The maximum Gasteiger partial charge on any atom is 0.331 e. The number of carbonyl (C=O) groups is 1. The van der Waals surface area contributed by atoms with Gasteiger partial charge in [-0.3, -0.25) is 0 Å². The monoisotopic (exact) mass is 349 g/mol. The molecule has 2 aromatic carbocycles. The first-order valence-corrected chi connectivity index (χ1v) is 7.39. The zero-order valence-electron chi connectivity index (χ0n) is 11.1. The van der Waals surface area contributed by atoms with E-state index in [1.165, 1.54) is 12.1 Å². The van der Waals surface area contributed by atoms with Crippen LogP contribution in [0.1, 0.15) is 17.2 Å². The van der Waals surface area contributed by atoms with Gasteiger partial charge in [0.05, 0.1) is 0 Å². The van der Waals surface area contributed by atoms with Gasteiger partial charge in [-0.15, -0.1) is 0 Å². The van der Waals surface area contributed by atoms with Gasteiger partial charge in [-0.1, -0.05) is 22.0 Å². The second kappa shape index (κ2) is 5.48. The van der Waals surface area contributed by atoms with E-state index in [2.05, 4.69) is 15.9 Å². The lowest BCUT2D eigenvalue weighted by Crippen LogP contribution is -2.39. The van der Waals surface area contributed by atoms with Gasteiger partial charge in [0.15, 0.2) is 6.04 Å². The lowest BCUT2D eigenvalue weighted by Gasteiger charge is -2.36. The molecular formula is C16H13BrFNO2. The SMILES string of the molecule is O=C(O)[C@@H]1c2ccc(Br)cc2CCN1c1ccc(F)cc1. The highest BCUT2D eigenvalue weighted by molar-refractivity contribution is 9.10. The van der Waals surface area contributed by atoms with Gasteiger partial charge in [-0.2, -0.15) is 0 Å². The maximum atomic E-state index is 13.1. The molecule has 1 atom stereocenters. The quantitative estimate of drug-likeness (QED) is 0.896. The number of carboxylic acids is 1. The number of halogens is 2. The fourth-order valence-electron chi connectivity index (χ4n) is 2.77. The number of hydrogen-bond acceptors (Lipinski definition) is 2. The Morgan fingerprint density at radius 3 is 2.62 bits per heavy atom. The topological polar surface area (TPSA) is 40.5 Å². The third-order valence-corrected chi connectivity index (χ3v) is 4.22. The molecule has 0 fully saturated rings. The predicted octanol–water partition coefficient (Wildman–Crippen LogP) is 3.78. The normalized spacial score (nSPS) is 17.4. The van der Waals surface area contributed by atoms with Crippen molar-refractivity contribution in [1.82, 2.24) is 0 Å². The van der Waals surface area contributed by atoms with Crippen molar-refractivity contribution in [2.45, 2.75) is 12.5 Å². The lowest BCUT2D eigenvalue weighted by atomic mass is 9.92. The van der Waals surface area contributed by atoms with Crippen molar-refractivity contribution in [1.29, 1.82) is 0 Å². The zero-order chi connectivity index (χ0) is 15.0. The number of rotatable bonds is 2. The summed E-state index contributed by atoms with van der Waals surface area (Å²) in [6, 6.07) is 10.9. The molecule has 0 radical (unpaired) electrons. The molecule has 0 aromatic heterocycles. The molecule has 2 aromatic rings. The van der Waals surface area contributed by atoms with Gasteiger partial charge in [0.2, 0.25) is 0 Å². The number of benzene rings is 2. The fourth-order valence-corrected chi connectivity index (χ4v) is 3.18. The minimum atomic E-state index is -0.900. The van der Waals surface area contributed by atoms with Crippen molar-refractivity contribution in [2.24, 2.45) is 0 Å². The van der Waals surface area contributed by atoms with Crippen LogP contribution in [0.25, 0.3) is 0 Å². The molecule has 0 aliphatic carbocycles. The number of anilines is 1. The largest absolute Gasteiger partial charge is 0.479 e. The molecule has 1 N–H and O–H groups in total. The van der Waals surface area contributed by atoms with Crippen molar-refractivity contribution in [2.75, 3.05) is 11.4 Å². The number of aliphatic carboxylic acids is 1. The molecule has 0 spiro atoms. The third-order valence-electron chi connectivity index (χ3n) is 3.73.